The fourth-order valence-electron chi connectivity index (χ4n) is 1.56. The Morgan fingerprint density at radius 1 is 0.864 bits per heavy atom. The fourth-order valence-corrected chi connectivity index (χ4v) is 1.56. The van der Waals surface area contributed by atoms with Crippen molar-refractivity contribution in [3.05, 3.63) is 49.2 Å². The summed E-state index contributed by atoms with van der Waals surface area (Å²) in [7, 11) is 4.83. The molecular weight excluding hydrogens is 314 g/mol. The molecule has 0 aliphatic rings. The smallest absolute Gasteiger partial charge is 0.155 e. The van der Waals surface area contributed by atoms with Crippen molar-refractivity contribution in [1.82, 2.24) is 30.1 Å². The monoisotopic (exact) mass is 334 g/mol. The summed E-state index contributed by atoms with van der Waals surface area (Å²) in [6.45, 7) is 3.83. The number of nitrogens with zero attached hydrogens (tertiary/aromatic N) is 4. The van der Waals surface area contributed by atoms with Crippen LogP contribution in [0.1, 0.15) is 0 Å². The number of nitrogens with one attached hydrogen (secondary N) is 2. The highest BCUT2D eigenvalue weighted by atomic mass is 31.0. The van der Waals surface area contributed by atoms with Gasteiger partial charge in [0.05, 0.1) is 6.20 Å². The third-order valence-electron chi connectivity index (χ3n) is 2.40. The number of hydrogen-bond donors (Lipinski definition) is 2. The van der Waals surface area contributed by atoms with Gasteiger partial charge in [-0.15, -0.1) is 18.5 Å². The molecule has 4 heterocycles. The van der Waals surface area contributed by atoms with E-state index in [9.17, 15) is 0 Å². The van der Waals surface area contributed by atoms with Crippen molar-refractivity contribution in [2.75, 3.05) is 13.3 Å². The second-order valence-corrected chi connectivity index (χ2v) is 3.58. The molecule has 0 spiro atoms. The van der Waals surface area contributed by atoms with E-state index in [2.05, 4.69) is 48.6 Å². The van der Waals surface area contributed by atoms with Crippen LogP contribution in [0.3, 0.4) is 0 Å². The quantitative estimate of drug-likeness (QED) is 0.484. The molecular formula is C14H20N6P2. The number of hydrogen-bond acceptors (Lipinski definition) is 4. The Hall–Kier alpha value is -1.90. The third kappa shape index (κ3) is 5.14. The maximum atomic E-state index is 4.05. The Morgan fingerprint density at radius 3 is 2.32 bits per heavy atom. The molecule has 4 rings (SSSR count). The lowest BCUT2D eigenvalue weighted by Gasteiger charge is -1.81. The topological polar surface area (TPSA) is 83.1 Å². The molecule has 0 bridgehead atoms. The predicted molar refractivity (Wildman–Crippen MR) is 99.0 cm³/mol. The van der Waals surface area contributed by atoms with Crippen LogP contribution in [-0.2, 0) is 0 Å². The minimum Gasteiger partial charge on any atom is -0.345 e. The van der Waals surface area contributed by atoms with E-state index in [0.717, 1.165) is 22.2 Å². The van der Waals surface area contributed by atoms with E-state index in [1.54, 1.807) is 24.8 Å². The molecule has 0 saturated heterocycles. The summed E-state index contributed by atoms with van der Waals surface area (Å²) in [6.07, 6.45) is 8.66. The molecule has 0 aliphatic heterocycles. The Balaban J connectivity index is 0.000000180. The van der Waals surface area contributed by atoms with Crippen LogP contribution in [0.4, 0.5) is 0 Å². The van der Waals surface area contributed by atoms with Crippen molar-refractivity contribution >= 4 is 40.7 Å². The molecule has 0 amide bonds. The summed E-state index contributed by atoms with van der Waals surface area (Å²) >= 11 is 0. The number of rotatable bonds is 0. The predicted octanol–water partition coefficient (Wildman–Crippen LogP) is 2.90. The maximum Gasteiger partial charge on any atom is 0.155 e. The van der Waals surface area contributed by atoms with Crippen LogP contribution in [0.2, 0.25) is 0 Å². The van der Waals surface area contributed by atoms with E-state index in [0.29, 0.717) is 0 Å². The minimum atomic E-state index is 0.845. The molecule has 0 saturated carbocycles. The lowest BCUT2D eigenvalue weighted by molar-refractivity contribution is 1.10. The Labute approximate surface area is 134 Å². The molecule has 2 unspecified atom stereocenters. The van der Waals surface area contributed by atoms with Gasteiger partial charge in [-0.2, -0.15) is 5.10 Å². The fraction of sp³-hybridized carbons (Fsp3) is 0.143. The van der Waals surface area contributed by atoms with Crippen molar-refractivity contribution in [3.8, 4) is 0 Å². The summed E-state index contributed by atoms with van der Waals surface area (Å²) in [5.74, 6) is 0. The summed E-state index contributed by atoms with van der Waals surface area (Å²) in [5.41, 5.74) is 2.60. The van der Waals surface area contributed by atoms with Gasteiger partial charge >= 0.3 is 0 Å². The second-order valence-electron chi connectivity index (χ2n) is 3.58. The first-order valence-corrected chi connectivity index (χ1v) is 8.88. The normalized spacial score (nSPS) is 8.91. The van der Waals surface area contributed by atoms with Gasteiger partial charge in [-0.1, -0.05) is 13.3 Å². The van der Waals surface area contributed by atoms with Gasteiger partial charge in [0.1, 0.15) is 5.52 Å². The van der Waals surface area contributed by atoms with Gasteiger partial charge in [-0.3, -0.25) is 10.1 Å². The molecule has 2 N–H and O–H groups in total. The molecule has 0 aliphatic carbocycles. The highest BCUT2D eigenvalue weighted by Gasteiger charge is 1.90. The van der Waals surface area contributed by atoms with Gasteiger partial charge in [0.2, 0.25) is 0 Å². The Bertz CT molecular complexity index is 641. The summed E-state index contributed by atoms with van der Waals surface area (Å²) in [4.78, 5) is 15.0. The largest absolute Gasteiger partial charge is 0.345 e. The van der Waals surface area contributed by atoms with Crippen molar-refractivity contribution < 1.29 is 0 Å². The SMILES string of the molecule is CP.CP.c1cnc2[nH]ccc2n1.c1cnc2[nH]ncc2c1. The average molecular weight is 334 g/mol. The van der Waals surface area contributed by atoms with Gasteiger partial charge in [0.25, 0.3) is 0 Å². The standard InChI is InChI=1S/2C6H5N3.2CH5P/c1-2-8-6-5(1)7-3-4-9-6;1-2-5-4-8-9-6(5)7-3-1;2*1-2/h1-4H,(H,8,9);1-4H,(H,7,8,9);2*2H2,1H3. The Kier molecular flexibility index (Phi) is 8.89. The number of aromatic amines is 2. The molecule has 22 heavy (non-hydrogen) atoms. The molecule has 6 nitrogen and oxygen atoms in total. The van der Waals surface area contributed by atoms with Crippen LogP contribution in [-0.4, -0.2) is 43.5 Å². The van der Waals surface area contributed by atoms with Crippen molar-refractivity contribution in [2.45, 2.75) is 0 Å². The molecule has 116 valence electrons. The maximum absolute atomic E-state index is 4.05. The van der Waals surface area contributed by atoms with Crippen LogP contribution in [0, 0.1) is 0 Å². The molecule has 0 radical (unpaired) electrons. The van der Waals surface area contributed by atoms with Gasteiger partial charge in [-0.25, -0.2) is 9.97 Å². The first kappa shape index (κ1) is 18.1. The van der Waals surface area contributed by atoms with E-state index in [-0.39, 0.29) is 0 Å². The van der Waals surface area contributed by atoms with Crippen LogP contribution in [0.5, 0.6) is 0 Å². The van der Waals surface area contributed by atoms with Gasteiger partial charge < -0.3 is 4.98 Å². The molecule has 0 aromatic carbocycles. The third-order valence-corrected chi connectivity index (χ3v) is 2.40. The van der Waals surface area contributed by atoms with Crippen molar-refractivity contribution in [1.29, 1.82) is 0 Å². The summed E-state index contributed by atoms with van der Waals surface area (Å²) < 4.78 is 0. The lowest BCUT2D eigenvalue weighted by atomic mass is 10.4. The van der Waals surface area contributed by atoms with Gasteiger partial charge in [-0.05, 0) is 18.2 Å². The highest BCUT2D eigenvalue weighted by molar-refractivity contribution is 7.15. The second kappa shape index (κ2) is 10.8. The van der Waals surface area contributed by atoms with E-state index >= 15 is 0 Å². The first-order chi connectivity index (χ1) is 10.9. The molecule has 4 aromatic rings. The van der Waals surface area contributed by atoms with Crippen molar-refractivity contribution in [3.63, 3.8) is 0 Å². The van der Waals surface area contributed by atoms with Crippen LogP contribution < -0.4 is 0 Å². The van der Waals surface area contributed by atoms with Crippen LogP contribution in [0.25, 0.3) is 22.2 Å². The first-order valence-electron chi connectivity index (χ1n) is 6.57. The van der Waals surface area contributed by atoms with E-state index in [1.165, 1.54) is 0 Å². The molecule has 2 atom stereocenters. The zero-order valence-electron chi connectivity index (χ0n) is 12.6. The minimum absolute atomic E-state index is 0.845. The van der Waals surface area contributed by atoms with Crippen LogP contribution >= 0.6 is 18.5 Å². The molecule has 8 heteroatoms. The molecule has 4 aromatic heterocycles. The number of pyridine rings is 1. The number of fused-ring (bicyclic) bond motifs is 2. The van der Waals surface area contributed by atoms with Gasteiger partial charge in [0.15, 0.2) is 11.3 Å². The van der Waals surface area contributed by atoms with E-state index in [4.69, 9.17) is 0 Å². The van der Waals surface area contributed by atoms with Crippen LogP contribution in [0.15, 0.2) is 49.2 Å². The summed E-state index contributed by atoms with van der Waals surface area (Å²) in [6, 6.07) is 5.74. The Morgan fingerprint density at radius 2 is 1.59 bits per heavy atom. The number of aromatic nitrogens is 6. The van der Waals surface area contributed by atoms with Gasteiger partial charge in [0, 0.05) is 30.2 Å². The van der Waals surface area contributed by atoms with E-state index < -0.39 is 0 Å². The molecule has 0 fully saturated rings. The zero-order valence-corrected chi connectivity index (χ0v) is 14.9. The number of H-pyrrole nitrogens is 2. The van der Waals surface area contributed by atoms with E-state index in [1.807, 2.05) is 37.7 Å². The zero-order chi connectivity index (χ0) is 16.2. The summed E-state index contributed by atoms with van der Waals surface area (Å²) in [5, 5.41) is 7.63. The lowest BCUT2D eigenvalue weighted by Crippen LogP contribution is -1.75. The highest BCUT2D eigenvalue weighted by Crippen LogP contribution is 2.03. The van der Waals surface area contributed by atoms with Crippen molar-refractivity contribution in [2.24, 2.45) is 0 Å². The average Bonchev–Trinajstić information content (AvgIpc) is 3.28.